The van der Waals surface area contributed by atoms with Crippen LogP contribution in [0.3, 0.4) is 0 Å². The Balaban J connectivity index is 3.31. The first kappa shape index (κ1) is 11.9. The number of rotatable bonds is 7. The standard InChI is InChI=1S/C9H22N2O/c1-4-11(6-5-10)7-8-12-9(2)3/h9H,4-8,10H2,1-3H3. The molecule has 0 aliphatic carbocycles. The Morgan fingerprint density at radius 3 is 2.42 bits per heavy atom. The predicted molar refractivity (Wildman–Crippen MR) is 52.3 cm³/mol. The van der Waals surface area contributed by atoms with Gasteiger partial charge >= 0.3 is 0 Å². The van der Waals surface area contributed by atoms with E-state index in [1.54, 1.807) is 0 Å². The van der Waals surface area contributed by atoms with E-state index in [1.165, 1.54) is 0 Å². The molecule has 0 radical (unpaired) electrons. The molecule has 2 N–H and O–H groups in total. The van der Waals surface area contributed by atoms with Crippen molar-refractivity contribution in [2.75, 3.05) is 32.8 Å². The second-order valence-corrected chi connectivity index (χ2v) is 3.14. The summed E-state index contributed by atoms with van der Waals surface area (Å²) in [7, 11) is 0. The van der Waals surface area contributed by atoms with Crippen molar-refractivity contribution in [1.82, 2.24) is 4.90 Å². The minimum atomic E-state index is 0.335. The highest BCUT2D eigenvalue weighted by molar-refractivity contribution is 4.54. The van der Waals surface area contributed by atoms with Gasteiger partial charge in [-0.1, -0.05) is 6.92 Å². The molecule has 0 atom stereocenters. The van der Waals surface area contributed by atoms with E-state index in [2.05, 4.69) is 25.7 Å². The number of hydrogen-bond acceptors (Lipinski definition) is 3. The fraction of sp³-hybridized carbons (Fsp3) is 1.00. The van der Waals surface area contributed by atoms with Crippen LogP contribution in [0, 0.1) is 0 Å². The summed E-state index contributed by atoms with van der Waals surface area (Å²) in [5.74, 6) is 0. The van der Waals surface area contributed by atoms with E-state index in [-0.39, 0.29) is 0 Å². The molecule has 0 saturated carbocycles. The molecule has 3 nitrogen and oxygen atoms in total. The SMILES string of the molecule is CCN(CCN)CCOC(C)C. The van der Waals surface area contributed by atoms with Crippen LogP contribution in [0.2, 0.25) is 0 Å². The Kier molecular flexibility index (Phi) is 7.45. The third kappa shape index (κ3) is 6.58. The fourth-order valence-electron chi connectivity index (χ4n) is 1.03. The van der Waals surface area contributed by atoms with E-state index in [9.17, 15) is 0 Å². The van der Waals surface area contributed by atoms with E-state index < -0.39 is 0 Å². The maximum Gasteiger partial charge on any atom is 0.0596 e. The van der Waals surface area contributed by atoms with E-state index in [1.807, 2.05) is 0 Å². The third-order valence-electron chi connectivity index (χ3n) is 1.75. The van der Waals surface area contributed by atoms with Crippen molar-refractivity contribution in [3.8, 4) is 0 Å². The van der Waals surface area contributed by atoms with Crippen LogP contribution in [0.1, 0.15) is 20.8 Å². The van der Waals surface area contributed by atoms with Crippen LogP contribution in [0.15, 0.2) is 0 Å². The van der Waals surface area contributed by atoms with Crippen molar-refractivity contribution >= 4 is 0 Å². The number of likely N-dealkylation sites (N-methyl/N-ethyl adjacent to an activating group) is 1. The van der Waals surface area contributed by atoms with Crippen molar-refractivity contribution in [1.29, 1.82) is 0 Å². The smallest absolute Gasteiger partial charge is 0.0596 e. The predicted octanol–water partition coefficient (Wildman–Crippen LogP) is 0.692. The minimum Gasteiger partial charge on any atom is -0.377 e. The van der Waals surface area contributed by atoms with Gasteiger partial charge in [0.2, 0.25) is 0 Å². The van der Waals surface area contributed by atoms with Crippen molar-refractivity contribution in [2.45, 2.75) is 26.9 Å². The molecule has 0 rings (SSSR count). The molecule has 0 aromatic heterocycles. The number of nitrogens with two attached hydrogens (primary N) is 1. The minimum absolute atomic E-state index is 0.335. The summed E-state index contributed by atoms with van der Waals surface area (Å²) in [6.07, 6.45) is 0.335. The zero-order valence-electron chi connectivity index (χ0n) is 8.55. The Bertz CT molecular complexity index is 96.5. The van der Waals surface area contributed by atoms with Crippen LogP contribution < -0.4 is 5.73 Å². The summed E-state index contributed by atoms with van der Waals surface area (Å²) < 4.78 is 5.44. The zero-order chi connectivity index (χ0) is 9.40. The molecule has 0 aromatic rings. The normalized spacial score (nSPS) is 11.5. The van der Waals surface area contributed by atoms with E-state index in [0.29, 0.717) is 6.10 Å². The highest BCUT2D eigenvalue weighted by atomic mass is 16.5. The monoisotopic (exact) mass is 174 g/mol. The van der Waals surface area contributed by atoms with Gasteiger partial charge in [0.15, 0.2) is 0 Å². The molecule has 0 heterocycles. The van der Waals surface area contributed by atoms with Gasteiger partial charge in [0, 0.05) is 19.6 Å². The van der Waals surface area contributed by atoms with Crippen molar-refractivity contribution in [2.24, 2.45) is 5.73 Å². The molecule has 0 bridgehead atoms. The van der Waals surface area contributed by atoms with Gasteiger partial charge in [-0.05, 0) is 20.4 Å². The molecule has 0 aliphatic heterocycles. The lowest BCUT2D eigenvalue weighted by molar-refractivity contribution is 0.0606. The summed E-state index contributed by atoms with van der Waals surface area (Å²) in [5.41, 5.74) is 5.45. The first-order valence-corrected chi connectivity index (χ1v) is 4.74. The maximum absolute atomic E-state index is 5.45. The Morgan fingerprint density at radius 1 is 1.33 bits per heavy atom. The van der Waals surface area contributed by atoms with Crippen LogP contribution in [-0.4, -0.2) is 43.8 Å². The maximum atomic E-state index is 5.45. The lowest BCUT2D eigenvalue weighted by atomic mass is 10.4. The molecular formula is C9H22N2O. The Hall–Kier alpha value is -0.120. The molecule has 0 aromatic carbocycles. The highest BCUT2D eigenvalue weighted by Gasteiger charge is 2.00. The molecule has 0 amide bonds. The van der Waals surface area contributed by atoms with Gasteiger partial charge in [0.1, 0.15) is 0 Å². The molecule has 3 heteroatoms. The Labute approximate surface area is 75.9 Å². The third-order valence-corrected chi connectivity index (χ3v) is 1.75. The summed E-state index contributed by atoms with van der Waals surface area (Å²) >= 11 is 0. The second kappa shape index (κ2) is 7.53. The van der Waals surface area contributed by atoms with Crippen LogP contribution in [-0.2, 0) is 4.74 Å². The van der Waals surface area contributed by atoms with Gasteiger partial charge in [-0.25, -0.2) is 0 Å². The fourth-order valence-corrected chi connectivity index (χ4v) is 1.03. The molecule has 0 unspecified atom stereocenters. The van der Waals surface area contributed by atoms with Gasteiger partial charge in [-0.3, -0.25) is 0 Å². The number of nitrogens with zero attached hydrogens (tertiary/aromatic N) is 1. The molecule has 0 saturated heterocycles. The molecule has 0 aliphatic rings. The van der Waals surface area contributed by atoms with Gasteiger partial charge in [-0.2, -0.15) is 0 Å². The largest absolute Gasteiger partial charge is 0.377 e. The molecular weight excluding hydrogens is 152 g/mol. The van der Waals surface area contributed by atoms with E-state index in [0.717, 1.165) is 32.8 Å². The average Bonchev–Trinajstić information content (AvgIpc) is 2.02. The lowest BCUT2D eigenvalue weighted by Gasteiger charge is -2.19. The van der Waals surface area contributed by atoms with Gasteiger partial charge in [-0.15, -0.1) is 0 Å². The van der Waals surface area contributed by atoms with Crippen LogP contribution in [0.5, 0.6) is 0 Å². The van der Waals surface area contributed by atoms with E-state index >= 15 is 0 Å². The van der Waals surface area contributed by atoms with Crippen LogP contribution in [0.4, 0.5) is 0 Å². The molecule has 12 heavy (non-hydrogen) atoms. The van der Waals surface area contributed by atoms with E-state index in [4.69, 9.17) is 10.5 Å². The van der Waals surface area contributed by atoms with Gasteiger partial charge < -0.3 is 15.4 Å². The second-order valence-electron chi connectivity index (χ2n) is 3.14. The molecule has 0 fully saturated rings. The lowest BCUT2D eigenvalue weighted by Crippen LogP contribution is -2.32. The quantitative estimate of drug-likeness (QED) is 0.617. The topological polar surface area (TPSA) is 38.5 Å². The summed E-state index contributed by atoms with van der Waals surface area (Å²) in [5, 5.41) is 0. The average molecular weight is 174 g/mol. The first-order chi connectivity index (χ1) is 5.70. The highest BCUT2D eigenvalue weighted by Crippen LogP contribution is 1.90. The van der Waals surface area contributed by atoms with Crippen molar-refractivity contribution < 1.29 is 4.74 Å². The molecule has 0 spiro atoms. The molecule has 74 valence electrons. The summed E-state index contributed by atoms with van der Waals surface area (Å²) in [6, 6.07) is 0. The van der Waals surface area contributed by atoms with Gasteiger partial charge in [0.25, 0.3) is 0 Å². The van der Waals surface area contributed by atoms with Crippen molar-refractivity contribution in [3.63, 3.8) is 0 Å². The zero-order valence-corrected chi connectivity index (χ0v) is 8.55. The van der Waals surface area contributed by atoms with Crippen LogP contribution >= 0.6 is 0 Å². The summed E-state index contributed by atoms with van der Waals surface area (Å²) in [4.78, 5) is 2.29. The number of ether oxygens (including phenoxy) is 1. The van der Waals surface area contributed by atoms with Crippen molar-refractivity contribution in [3.05, 3.63) is 0 Å². The van der Waals surface area contributed by atoms with Crippen LogP contribution in [0.25, 0.3) is 0 Å². The van der Waals surface area contributed by atoms with Gasteiger partial charge in [0.05, 0.1) is 12.7 Å². The first-order valence-electron chi connectivity index (χ1n) is 4.74. The Morgan fingerprint density at radius 2 is 2.00 bits per heavy atom. The number of hydrogen-bond donors (Lipinski definition) is 1. The summed E-state index contributed by atoms with van der Waals surface area (Å²) in [6.45, 7) is 10.8.